The fraction of sp³-hybridized carbons (Fsp3) is 0.735. The molecule has 288 valence electrons. The number of amides is 5. The van der Waals surface area contributed by atoms with E-state index < -0.39 is 90.7 Å². The third-order valence-corrected chi connectivity index (χ3v) is 8.56. The summed E-state index contributed by atoms with van der Waals surface area (Å²) in [6.07, 6.45) is 1.70. The Kier molecular flexibility index (Phi) is 21.8. The van der Waals surface area contributed by atoms with Crippen LogP contribution in [-0.4, -0.2) is 107 Å². The number of carbonyl (C=O) groups excluding carboxylic acids is 8. The van der Waals surface area contributed by atoms with Gasteiger partial charge < -0.3 is 42.5 Å². The van der Waals surface area contributed by atoms with Gasteiger partial charge in [-0.05, 0) is 32.1 Å². The number of nitrogens with one attached hydrogen (secondary N) is 5. The topological polar surface area (TPSA) is 280 Å². The number of carboxylic acid groups (broad SMARTS) is 1. The van der Waals surface area contributed by atoms with Crippen molar-refractivity contribution < 1.29 is 53.4 Å². The average Bonchev–Trinajstić information content (AvgIpc) is 3.53. The molecule has 0 spiro atoms. The van der Waals surface area contributed by atoms with Crippen molar-refractivity contribution >= 4 is 52.9 Å². The molecule has 0 aromatic rings. The molecule has 2 aliphatic heterocycles. The highest BCUT2D eigenvalue weighted by molar-refractivity contribution is 5.95. The number of aliphatic carboxylic acids is 1. The van der Waals surface area contributed by atoms with Crippen molar-refractivity contribution in [2.75, 3.05) is 26.2 Å². The molecule has 2 fully saturated rings. The predicted molar refractivity (Wildman–Crippen MR) is 184 cm³/mol. The molecule has 51 heavy (non-hydrogen) atoms. The number of unbranched alkanes of at least 4 members (excludes halogenated alkanes) is 1. The second kappa shape index (κ2) is 24.8. The minimum absolute atomic E-state index is 0.0664. The van der Waals surface area contributed by atoms with E-state index in [0.29, 0.717) is 12.8 Å². The lowest BCUT2D eigenvalue weighted by atomic mass is 9.91. The van der Waals surface area contributed by atoms with Gasteiger partial charge in [0.2, 0.25) is 29.5 Å². The maximum absolute atomic E-state index is 13.4. The standard InChI is InChI=1S/C30H46N6O11.C4H10/c31-25(41)7-5-21(36-27(43)9-6-23(39)22-13-20(38)14-33-22)24(40)12-18-4-8-26(42)32-10-2-1-3-17(29(46)35-16-28(44)45)11-19(37)15-34-30(18)47;1-3-4-2/h17-18,20-22,33,38H,1-16H2,(H2,31,41)(H,32,42)(H,34,47)(H,35,46)(H,36,43)(H,44,45);3-4H2,1-2H3/t17-,18-,20-,21+,22+;/m1./s1. The summed E-state index contributed by atoms with van der Waals surface area (Å²) in [4.78, 5) is 112. The van der Waals surface area contributed by atoms with E-state index in [0.717, 1.165) is 0 Å². The van der Waals surface area contributed by atoms with E-state index >= 15 is 0 Å². The maximum atomic E-state index is 13.4. The summed E-state index contributed by atoms with van der Waals surface area (Å²) in [5.74, 6) is -7.65. The molecular formula is C34H56N6O11. The molecule has 5 atom stereocenters. The van der Waals surface area contributed by atoms with E-state index in [-0.39, 0.29) is 82.6 Å². The molecule has 2 heterocycles. The molecule has 0 aliphatic carbocycles. The number of aliphatic hydroxyl groups excluding tert-OH is 1. The van der Waals surface area contributed by atoms with E-state index in [2.05, 4.69) is 40.4 Å². The summed E-state index contributed by atoms with van der Waals surface area (Å²) >= 11 is 0. The Hall–Kier alpha value is -4.25. The van der Waals surface area contributed by atoms with Crippen molar-refractivity contribution in [2.45, 2.75) is 122 Å². The number of primary amides is 1. The fourth-order valence-corrected chi connectivity index (χ4v) is 5.40. The van der Waals surface area contributed by atoms with Gasteiger partial charge >= 0.3 is 5.97 Å². The highest BCUT2D eigenvalue weighted by atomic mass is 16.4. The zero-order chi connectivity index (χ0) is 38.3. The molecule has 0 saturated carbocycles. The van der Waals surface area contributed by atoms with Crippen LogP contribution >= 0.6 is 0 Å². The Morgan fingerprint density at radius 3 is 2.27 bits per heavy atom. The van der Waals surface area contributed by atoms with Crippen molar-refractivity contribution in [2.24, 2.45) is 17.6 Å². The predicted octanol–water partition coefficient (Wildman–Crippen LogP) is -0.837. The Morgan fingerprint density at radius 1 is 0.961 bits per heavy atom. The lowest BCUT2D eigenvalue weighted by Gasteiger charge is -2.21. The van der Waals surface area contributed by atoms with Gasteiger partial charge in [0.05, 0.1) is 24.7 Å². The number of nitrogens with two attached hydrogens (primary N) is 1. The second-order valence-electron chi connectivity index (χ2n) is 13.0. The van der Waals surface area contributed by atoms with Crippen LogP contribution in [0, 0.1) is 11.8 Å². The first kappa shape index (κ1) is 44.8. The fourth-order valence-electron chi connectivity index (χ4n) is 5.40. The summed E-state index contributed by atoms with van der Waals surface area (Å²) in [6.45, 7) is 3.80. The Bertz CT molecular complexity index is 1230. The first-order valence-electron chi connectivity index (χ1n) is 17.8. The van der Waals surface area contributed by atoms with Crippen molar-refractivity contribution in [3.63, 3.8) is 0 Å². The van der Waals surface area contributed by atoms with Crippen LogP contribution in [0.5, 0.6) is 0 Å². The summed E-state index contributed by atoms with van der Waals surface area (Å²) in [6, 6.07) is -1.80. The number of hydrogen-bond acceptors (Lipinski definition) is 11. The van der Waals surface area contributed by atoms with Gasteiger partial charge in [-0.15, -0.1) is 0 Å². The zero-order valence-corrected chi connectivity index (χ0v) is 29.8. The highest BCUT2D eigenvalue weighted by Gasteiger charge is 2.31. The van der Waals surface area contributed by atoms with Gasteiger partial charge in [0.15, 0.2) is 11.6 Å². The quantitative estimate of drug-likeness (QED) is 0.103. The van der Waals surface area contributed by atoms with Gasteiger partial charge in [-0.2, -0.15) is 0 Å². The molecule has 9 N–H and O–H groups in total. The van der Waals surface area contributed by atoms with Crippen molar-refractivity contribution in [3.05, 3.63) is 0 Å². The second-order valence-corrected chi connectivity index (χ2v) is 13.0. The molecule has 0 bridgehead atoms. The van der Waals surface area contributed by atoms with Gasteiger partial charge in [-0.1, -0.05) is 33.1 Å². The molecule has 2 aliphatic rings. The number of Topliss-reactive ketones (excluding diaryl/α,β-unsaturated/α-hetero) is 3. The summed E-state index contributed by atoms with van der Waals surface area (Å²) in [7, 11) is 0. The third-order valence-electron chi connectivity index (χ3n) is 8.56. The summed E-state index contributed by atoms with van der Waals surface area (Å²) in [5, 5.41) is 31.3. The van der Waals surface area contributed by atoms with Crippen LogP contribution in [0.15, 0.2) is 0 Å². The van der Waals surface area contributed by atoms with Crippen molar-refractivity contribution in [1.82, 2.24) is 26.6 Å². The normalized spacial score (nSPS) is 22.4. The summed E-state index contributed by atoms with van der Waals surface area (Å²) < 4.78 is 0. The van der Waals surface area contributed by atoms with Gasteiger partial charge in [0.1, 0.15) is 12.3 Å². The van der Waals surface area contributed by atoms with Crippen molar-refractivity contribution in [3.8, 4) is 0 Å². The average molecular weight is 725 g/mol. The summed E-state index contributed by atoms with van der Waals surface area (Å²) in [5.41, 5.74) is 5.25. The SMILES string of the molecule is CCCC.NC(=O)CC[C@H](NC(=O)CCC(=O)[C@@H]1C[C@@H](O)CN1)C(=O)C[C@H]1CCC(=O)NCCCC[C@@H](C(=O)NCC(=O)O)CC(=O)CNC1=O. The van der Waals surface area contributed by atoms with Crippen LogP contribution in [0.3, 0.4) is 0 Å². The number of ketones is 3. The lowest BCUT2D eigenvalue weighted by Crippen LogP contribution is -2.44. The Morgan fingerprint density at radius 2 is 1.67 bits per heavy atom. The number of carbonyl (C=O) groups is 9. The van der Waals surface area contributed by atoms with Gasteiger partial charge in [-0.3, -0.25) is 43.2 Å². The molecule has 17 heteroatoms. The minimum atomic E-state index is -1.25. The zero-order valence-electron chi connectivity index (χ0n) is 29.8. The molecule has 5 amide bonds. The van der Waals surface area contributed by atoms with E-state index in [9.17, 15) is 48.3 Å². The van der Waals surface area contributed by atoms with E-state index in [1.165, 1.54) is 12.8 Å². The van der Waals surface area contributed by atoms with Crippen LogP contribution in [0.1, 0.15) is 104 Å². The molecule has 17 nitrogen and oxygen atoms in total. The molecule has 0 radical (unpaired) electrons. The molecule has 0 aromatic carbocycles. The van der Waals surface area contributed by atoms with Crippen LogP contribution in [0.25, 0.3) is 0 Å². The highest BCUT2D eigenvalue weighted by Crippen LogP contribution is 2.18. The largest absolute Gasteiger partial charge is 0.480 e. The number of carboxylic acids is 1. The molecule has 2 rings (SSSR count). The monoisotopic (exact) mass is 724 g/mol. The maximum Gasteiger partial charge on any atom is 0.322 e. The Labute approximate surface area is 298 Å². The van der Waals surface area contributed by atoms with Gasteiger partial charge in [0, 0.05) is 63.5 Å². The van der Waals surface area contributed by atoms with Crippen molar-refractivity contribution in [1.29, 1.82) is 0 Å². The van der Waals surface area contributed by atoms with Crippen LogP contribution < -0.4 is 32.3 Å². The van der Waals surface area contributed by atoms with Crippen LogP contribution in [0.2, 0.25) is 0 Å². The third kappa shape index (κ3) is 19.7. The van der Waals surface area contributed by atoms with E-state index in [1.807, 2.05) is 0 Å². The van der Waals surface area contributed by atoms with E-state index in [1.54, 1.807) is 0 Å². The molecule has 0 aromatic heterocycles. The number of hydrogen-bond donors (Lipinski definition) is 8. The van der Waals surface area contributed by atoms with E-state index in [4.69, 9.17) is 10.8 Å². The lowest BCUT2D eigenvalue weighted by molar-refractivity contribution is -0.139. The number of aliphatic hydroxyl groups is 1. The molecule has 0 unspecified atom stereocenters. The first-order valence-corrected chi connectivity index (χ1v) is 17.8. The van der Waals surface area contributed by atoms with Crippen LogP contribution in [-0.2, 0) is 43.2 Å². The van der Waals surface area contributed by atoms with Gasteiger partial charge in [0.25, 0.3) is 0 Å². The molecular weight excluding hydrogens is 668 g/mol. The number of rotatable bonds is 15. The van der Waals surface area contributed by atoms with Crippen LogP contribution in [0.4, 0.5) is 0 Å². The smallest absolute Gasteiger partial charge is 0.322 e. The first-order chi connectivity index (χ1) is 24.2. The minimum Gasteiger partial charge on any atom is -0.480 e. The Balaban J connectivity index is 0.00000308. The molecule has 2 saturated heterocycles. The number of β-amino-alcohol motifs (C(OH)–C–C–N with tert-alkyl or cyclic N) is 1. The van der Waals surface area contributed by atoms with Gasteiger partial charge in [-0.25, -0.2) is 0 Å².